The van der Waals surface area contributed by atoms with Gasteiger partial charge in [0.25, 0.3) is 0 Å². The van der Waals surface area contributed by atoms with Gasteiger partial charge in [-0.15, -0.1) is 0 Å². The molecule has 1 aromatic carbocycles. The van der Waals surface area contributed by atoms with Gasteiger partial charge < -0.3 is 5.32 Å². The Bertz CT molecular complexity index is 375. The Kier molecular flexibility index (Phi) is 2.80. The van der Waals surface area contributed by atoms with Crippen molar-refractivity contribution in [1.82, 2.24) is 0 Å². The predicted octanol–water partition coefficient (Wildman–Crippen LogP) is 4.22. The van der Waals surface area contributed by atoms with Gasteiger partial charge in [-0.1, -0.05) is 35.8 Å². The average molecular weight is 268 g/mol. The van der Waals surface area contributed by atoms with E-state index in [1.54, 1.807) is 0 Å². The Morgan fingerprint density at radius 3 is 2.93 bits per heavy atom. The van der Waals surface area contributed by atoms with Crippen molar-refractivity contribution in [3.63, 3.8) is 0 Å². The van der Waals surface area contributed by atoms with Crippen molar-refractivity contribution in [2.24, 2.45) is 5.92 Å². The van der Waals surface area contributed by atoms with E-state index >= 15 is 0 Å². The monoisotopic (exact) mass is 267 g/mol. The summed E-state index contributed by atoms with van der Waals surface area (Å²) in [5.41, 5.74) is 2.97. The third-order valence-electron chi connectivity index (χ3n) is 3.87. The van der Waals surface area contributed by atoms with E-state index in [1.807, 2.05) is 0 Å². The lowest BCUT2D eigenvalue weighted by atomic mass is 9.77. The lowest BCUT2D eigenvalue weighted by Crippen LogP contribution is -2.45. The Balaban J connectivity index is 2.42. The third-order valence-corrected chi connectivity index (χ3v) is 4.61. The molecular formula is C13H18BrN. The average Bonchev–Trinajstić information content (AvgIpc) is 2.21. The standard InChI is InChI=1S/C13H18BrN/c1-4-13(3)9(2)8-10-11(14)6-5-7-12(10)15-13/h5-7,9,15H,4,8H2,1-3H3. The fraction of sp³-hybridized carbons (Fsp3) is 0.538. The van der Waals surface area contributed by atoms with E-state index < -0.39 is 0 Å². The van der Waals surface area contributed by atoms with E-state index in [9.17, 15) is 0 Å². The van der Waals surface area contributed by atoms with Crippen LogP contribution >= 0.6 is 15.9 Å². The maximum Gasteiger partial charge on any atom is 0.0388 e. The van der Waals surface area contributed by atoms with Gasteiger partial charge >= 0.3 is 0 Å². The van der Waals surface area contributed by atoms with Crippen LogP contribution in [0.4, 0.5) is 5.69 Å². The normalized spacial score (nSPS) is 29.5. The maximum atomic E-state index is 3.68. The van der Waals surface area contributed by atoms with E-state index in [1.165, 1.54) is 22.1 Å². The molecule has 1 nitrogen and oxygen atoms in total. The van der Waals surface area contributed by atoms with E-state index in [4.69, 9.17) is 0 Å². The first-order valence-corrected chi connectivity index (χ1v) is 6.41. The molecule has 0 radical (unpaired) electrons. The molecule has 0 saturated heterocycles. The molecule has 1 heterocycles. The minimum Gasteiger partial charge on any atom is -0.379 e. The summed E-state index contributed by atoms with van der Waals surface area (Å²) >= 11 is 3.63. The van der Waals surface area contributed by atoms with Gasteiger partial charge in [-0.05, 0) is 43.4 Å². The summed E-state index contributed by atoms with van der Waals surface area (Å²) in [5, 5.41) is 3.68. The molecule has 1 aliphatic rings. The summed E-state index contributed by atoms with van der Waals surface area (Å²) in [7, 11) is 0. The first-order chi connectivity index (χ1) is 7.07. The molecule has 1 N–H and O–H groups in total. The molecule has 0 amide bonds. The summed E-state index contributed by atoms with van der Waals surface area (Å²) < 4.78 is 1.23. The predicted molar refractivity (Wildman–Crippen MR) is 69.3 cm³/mol. The largest absolute Gasteiger partial charge is 0.379 e. The number of hydrogen-bond acceptors (Lipinski definition) is 1. The Labute approximate surface area is 100 Å². The van der Waals surface area contributed by atoms with Crippen molar-refractivity contribution in [3.8, 4) is 0 Å². The van der Waals surface area contributed by atoms with Crippen LogP contribution in [-0.4, -0.2) is 5.54 Å². The summed E-state index contributed by atoms with van der Waals surface area (Å²) in [6.45, 7) is 6.91. The topological polar surface area (TPSA) is 12.0 Å². The van der Waals surface area contributed by atoms with Crippen molar-refractivity contribution >= 4 is 21.6 Å². The maximum absolute atomic E-state index is 3.68. The highest BCUT2D eigenvalue weighted by atomic mass is 79.9. The molecule has 0 aliphatic carbocycles. The number of hydrogen-bond donors (Lipinski definition) is 1. The highest BCUT2D eigenvalue weighted by Crippen LogP contribution is 2.39. The van der Waals surface area contributed by atoms with Gasteiger partial charge in [0, 0.05) is 15.7 Å². The fourth-order valence-electron chi connectivity index (χ4n) is 2.28. The lowest BCUT2D eigenvalue weighted by molar-refractivity contribution is 0.323. The second kappa shape index (κ2) is 3.82. The number of nitrogens with one attached hydrogen (secondary N) is 1. The Morgan fingerprint density at radius 1 is 1.53 bits per heavy atom. The van der Waals surface area contributed by atoms with Crippen molar-refractivity contribution in [2.45, 2.75) is 39.2 Å². The first-order valence-electron chi connectivity index (χ1n) is 5.62. The Morgan fingerprint density at radius 2 is 2.27 bits per heavy atom. The molecule has 0 fully saturated rings. The first kappa shape index (κ1) is 11.0. The van der Waals surface area contributed by atoms with Gasteiger partial charge in [0.05, 0.1) is 0 Å². The number of anilines is 1. The fourth-order valence-corrected chi connectivity index (χ4v) is 2.81. The molecule has 2 heteroatoms. The van der Waals surface area contributed by atoms with E-state index in [-0.39, 0.29) is 5.54 Å². The number of halogens is 1. The van der Waals surface area contributed by atoms with Crippen LogP contribution in [0.2, 0.25) is 0 Å². The summed E-state index contributed by atoms with van der Waals surface area (Å²) in [5.74, 6) is 0.675. The van der Waals surface area contributed by atoms with Gasteiger partial charge in [-0.2, -0.15) is 0 Å². The molecule has 1 aromatic rings. The molecule has 15 heavy (non-hydrogen) atoms. The second-order valence-electron chi connectivity index (χ2n) is 4.77. The zero-order valence-corrected chi connectivity index (χ0v) is 11.2. The summed E-state index contributed by atoms with van der Waals surface area (Å²) in [4.78, 5) is 0. The number of rotatable bonds is 1. The van der Waals surface area contributed by atoms with Crippen LogP contribution < -0.4 is 5.32 Å². The quantitative estimate of drug-likeness (QED) is 0.804. The van der Waals surface area contributed by atoms with Crippen molar-refractivity contribution in [3.05, 3.63) is 28.2 Å². The SMILES string of the molecule is CCC1(C)Nc2cccc(Br)c2CC1C. The smallest absolute Gasteiger partial charge is 0.0388 e. The molecule has 2 atom stereocenters. The molecule has 1 aliphatic heterocycles. The molecule has 82 valence electrons. The molecular weight excluding hydrogens is 250 g/mol. The van der Waals surface area contributed by atoms with Gasteiger partial charge in [0.1, 0.15) is 0 Å². The molecule has 2 unspecified atom stereocenters. The molecule has 0 spiro atoms. The van der Waals surface area contributed by atoms with Crippen LogP contribution in [0.15, 0.2) is 22.7 Å². The van der Waals surface area contributed by atoms with E-state index in [0.29, 0.717) is 5.92 Å². The lowest BCUT2D eigenvalue weighted by Gasteiger charge is -2.42. The minimum atomic E-state index is 0.244. The molecule has 0 saturated carbocycles. The van der Waals surface area contributed by atoms with Gasteiger partial charge in [0.15, 0.2) is 0 Å². The zero-order valence-electron chi connectivity index (χ0n) is 9.60. The number of fused-ring (bicyclic) bond motifs is 1. The van der Waals surface area contributed by atoms with Gasteiger partial charge in [-0.25, -0.2) is 0 Å². The molecule has 0 aromatic heterocycles. The van der Waals surface area contributed by atoms with Crippen molar-refractivity contribution in [1.29, 1.82) is 0 Å². The zero-order chi connectivity index (χ0) is 11.1. The second-order valence-corrected chi connectivity index (χ2v) is 5.62. The molecule has 0 bridgehead atoms. The summed E-state index contributed by atoms with van der Waals surface area (Å²) in [6, 6.07) is 6.41. The third kappa shape index (κ3) is 1.80. The van der Waals surface area contributed by atoms with E-state index in [0.717, 1.165) is 6.42 Å². The van der Waals surface area contributed by atoms with Crippen LogP contribution in [0.3, 0.4) is 0 Å². The van der Waals surface area contributed by atoms with E-state index in [2.05, 4.69) is 60.2 Å². The molecule has 2 rings (SSSR count). The minimum absolute atomic E-state index is 0.244. The van der Waals surface area contributed by atoms with Crippen LogP contribution in [-0.2, 0) is 6.42 Å². The van der Waals surface area contributed by atoms with Gasteiger partial charge in [0.2, 0.25) is 0 Å². The van der Waals surface area contributed by atoms with Gasteiger partial charge in [-0.3, -0.25) is 0 Å². The number of benzene rings is 1. The van der Waals surface area contributed by atoms with Crippen LogP contribution in [0.25, 0.3) is 0 Å². The van der Waals surface area contributed by atoms with Crippen LogP contribution in [0.5, 0.6) is 0 Å². The summed E-state index contributed by atoms with van der Waals surface area (Å²) in [6.07, 6.45) is 2.33. The van der Waals surface area contributed by atoms with Crippen molar-refractivity contribution in [2.75, 3.05) is 5.32 Å². The Hall–Kier alpha value is -0.500. The highest BCUT2D eigenvalue weighted by Gasteiger charge is 2.34. The van der Waals surface area contributed by atoms with Crippen molar-refractivity contribution < 1.29 is 0 Å². The van der Waals surface area contributed by atoms with Crippen LogP contribution in [0.1, 0.15) is 32.8 Å². The highest BCUT2D eigenvalue weighted by molar-refractivity contribution is 9.10. The van der Waals surface area contributed by atoms with Crippen LogP contribution in [0, 0.1) is 5.92 Å².